The molecule has 1 aromatic rings. The van der Waals surface area contributed by atoms with Gasteiger partial charge in [-0.3, -0.25) is 4.90 Å². The van der Waals surface area contributed by atoms with E-state index in [4.69, 9.17) is 4.74 Å². The number of halogens is 1. The van der Waals surface area contributed by atoms with Gasteiger partial charge >= 0.3 is 0 Å². The molecule has 1 saturated heterocycles. The van der Waals surface area contributed by atoms with E-state index in [2.05, 4.69) is 40.0 Å². The number of ether oxygens (including phenoxy) is 1. The molecule has 21 heavy (non-hydrogen) atoms. The highest BCUT2D eigenvalue weighted by Crippen LogP contribution is 2.37. The van der Waals surface area contributed by atoms with Gasteiger partial charge in [0, 0.05) is 35.7 Å². The Morgan fingerprint density at radius 2 is 2.00 bits per heavy atom. The van der Waals surface area contributed by atoms with E-state index in [0.29, 0.717) is 6.04 Å². The summed E-state index contributed by atoms with van der Waals surface area (Å²) in [6.07, 6.45) is 2.80. The Morgan fingerprint density at radius 1 is 1.29 bits per heavy atom. The van der Waals surface area contributed by atoms with Gasteiger partial charge in [0.1, 0.15) is 12.4 Å². The molecule has 0 aromatic heterocycles. The molecule has 1 unspecified atom stereocenters. The maximum atomic E-state index is 5.90. The lowest BCUT2D eigenvalue weighted by atomic mass is 9.96. The van der Waals surface area contributed by atoms with Gasteiger partial charge in [-0.2, -0.15) is 0 Å². The van der Waals surface area contributed by atoms with Crippen molar-refractivity contribution in [2.75, 3.05) is 26.2 Å². The van der Waals surface area contributed by atoms with Crippen LogP contribution in [0.4, 0.5) is 0 Å². The van der Waals surface area contributed by atoms with Crippen LogP contribution in [0.25, 0.3) is 0 Å². The van der Waals surface area contributed by atoms with Gasteiger partial charge in [-0.25, -0.2) is 0 Å². The van der Waals surface area contributed by atoms with Crippen LogP contribution in [0.5, 0.6) is 5.75 Å². The Labute approximate surface area is 136 Å². The molecular weight excluding hydrogens is 328 g/mol. The van der Waals surface area contributed by atoms with Gasteiger partial charge in [0.05, 0.1) is 0 Å². The van der Waals surface area contributed by atoms with Crippen LogP contribution in [0.15, 0.2) is 28.7 Å². The van der Waals surface area contributed by atoms with Crippen molar-refractivity contribution in [3.63, 3.8) is 0 Å². The summed E-state index contributed by atoms with van der Waals surface area (Å²) in [7, 11) is 0. The predicted molar refractivity (Wildman–Crippen MR) is 89.8 cm³/mol. The molecule has 3 nitrogen and oxygen atoms in total. The summed E-state index contributed by atoms with van der Waals surface area (Å²) < 4.78 is 6.99. The van der Waals surface area contributed by atoms with E-state index in [-0.39, 0.29) is 5.54 Å². The van der Waals surface area contributed by atoms with Gasteiger partial charge in [0.15, 0.2) is 0 Å². The maximum Gasteiger partial charge on any atom is 0.119 e. The first-order valence-electron chi connectivity index (χ1n) is 7.91. The molecule has 0 radical (unpaired) electrons. The van der Waals surface area contributed by atoms with Crippen molar-refractivity contribution in [1.29, 1.82) is 0 Å². The van der Waals surface area contributed by atoms with Crippen LogP contribution in [0.3, 0.4) is 0 Å². The van der Waals surface area contributed by atoms with Crippen LogP contribution < -0.4 is 10.1 Å². The zero-order chi connectivity index (χ0) is 14.9. The Hall–Kier alpha value is -0.580. The second-order valence-corrected chi connectivity index (χ2v) is 7.86. The molecule has 116 valence electrons. The van der Waals surface area contributed by atoms with Crippen molar-refractivity contribution in [3.8, 4) is 5.75 Å². The van der Waals surface area contributed by atoms with Gasteiger partial charge in [-0.05, 0) is 56.9 Å². The minimum Gasteiger partial charge on any atom is -0.492 e. The topological polar surface area (TPSA) is 24.5 Å². The Kier molecular flexibility index (Phi) is 4.57. The lowest BCUT2D eigenvalue weighted by molar-refractivity contribution is 0.0693. The third kappa shape index (κ3) is 4.21. The SMILES string of the molecule is CC1(C)CN(CCOc2ccc(Br)cc2)C(C2CC2)CN1. The van der Waals surface area contributed by atoms with Gasteiger partial charge in [-0.15, -0.1) is 0 Å². The molecule has 0 amide bonds. The zero-order valence-electron chi connectivity index (χ0n) is 12.9. The fourth-order valence-electron chi connectivity index (χ4n) is 3.19. The third-order valence-corrected chi connectivity index (χ3v) is 5.01. The molecule has 2 fully saturated rings. The summed E-state index contributed by atoms with van der Waals surface area (Å²) >= 11 is 3.45. The Balaban J connectivity index is 1.53. The number of nitrogens with one attached hydrogen (secondary N) is 1. The number of piperazine rings is 1. The summed E-state index contributed by atoms with van der Waals surface area (Å²) in [5.74, 6) is 1.86. The smallest absolute Gasteiger partial charge is 0.119 e. The quantitative estimate of drug-likeness (QED) is 0.879. The Morgan fingerprint density at radius 3 is 2.67 bits per heavy atom. The first-order valence-corrected chi connectivity index (χ1v) is 8.70. The van der Waals surface area contributed by atoms with Crippen LogP contribution in [-0.4, -0.2) is 42.7 Å². The van der Waals surface area contributed by atoms with Crippen LogP contribution in [-0.2, 0) is 0 Å². The average molecular weight is 353 g/mol. The zero-order valence-corrected chi connectivity index (χ0v) is 14.5. The molecule has 1 atom stereocenters. The Bertz CT molecular complexity index is 470. The lowest BCUT2D eigenvalue weighted by Crippen LogP contribution is -2.62. The summed E-state index contributed by atoms with van der Waals surface area (Å²) in [5.41, 5.74) is 0.211. The van der Waals surface area contributed by atoms with E-state index in [9.17, 15) is 0 Å². The van der Waals surface area contributed by atoms with Crippen molar-refractivity contribution < 1.29 is 4.74 Å². The fraction of sp³-hybridized carbons (Fsp3) is 0.647. The minimum absolute atomic E-state index is 0.211. The molecule has 1 aromatic carbocycles. The first-order chi connectivity index (χ1) is 10.0. The molecule has 1 saturated carbocycles. The van der Waals surface area contributed by atoms with E-state index >= 15 is 0 Å². The summed E-state index contributed by atoms with van der Waals surface area (Å²) in [6, 6.07) is 8.78. The van der Waals surface area contributed by atoms with Crippen molar-refractivity contribution in [2.45, 2.75) is 38.3 Å². The van der Waals surface area contributed by atoms with Crippen molar-refractivity contribution >= 4 is 15.9 Å². The van der Waals surface area contributed by atoms with Gasteiger partial charge in [0.25, 0.3) is 0 Å². The number of rotatable bonds is 5. The standard InChI is InChI=1S/C17H25BrN2O/c1-17(2)12-20(16(11-19-17)13-3-4-13)9-10-21-15-7-5-14(18)6-8-15/h5-8,13,16,19H,3-4,9-12H2,1-2H3. The molecular formula is C17H25BrN2O. The number of benzene rings is 1. The molecule has 2 aliphatic rings. The van der Waals surface area contributed by atoms with Crippen molar-refractivity contribution in [1.82, 2.24) is 10.2 Å². The maximum absolute atomic E-state index is 5.90. The molecule has 3 rings (SSSR count). The summed E-state index contributed by atoms with van der Waals surface area (Å²) in [4.78, 5) is 2.63. The lowest BCUT2D eigenvalue weighted by Gasteiger charge is -2.45. The van der Waals surface area contributed by atoms with E-state index in [1.807, 2.05) is 24.3 Å². The average Bonchev–Trinajstić information content (AvgIpc) is 3.25. The molecule has 1 heterocycles. The highest BCUT2D eigenvalue weighted by Gasteiger charge is 2.40. The summed E-state index contributed by atoms with van der Waals surface area (Å²) in [6.45, 7) is 8.59. The highest BCUT2D eigenvalue weighted by atomic mass is 79.9. The number of hydrogen-bond donors (Lipinski definition) is 1. The van der Waals surface area contributed by atoms with Crippen LogP contribution in [0.1, 0.15) is 26.7 Å². The highest BCUT2D eigenvalue weighted by molar-refractivity contribution is 9.10. The van der Waals surface area contributed by atoms with Gasteiger partial charge in [0.2, 0.25) is 0 Å². The van der Waals surface area contributed by atoms with Crippen LogP contribution in [0, 0.1) is 5.92 Å². The van der Waals surface area contributed by atoms with Crippen LogP contribution >= 0.6 is 15.9 Å². The van der Waals surface area contributed by atoms with Crippen molar-refractivity contribution in [2.24, 2.45) is 5.92 Å². The van der Waals surface area contributed by atoms with Crippen LogP contribution in [0.2, 0.25) is 0 Å². The first kappa shape index (κ1) is 15.3. The minimum atomic E-state index is 0.211. The molecule has 1 aliphatic carbocycles. The number of hydrogen-bond acceptors (Lipinski definition) is 3. The molecule has 4 heteroatoms. The second kappa shape index (κ2) is 6.27. The monoisotopic (exact) mass is 352 g/mol. The third-order valence-electron chi connectivity index (χ3n) is 4.48. The fourth-order valence-corrected chi connectivity index (χ4v) is 3.46. The van der Waals surface area contributed by atoms with E-state index < -0.39 is 0 Å². The normalized spacial score (nSPS) is 25.8. The predicted octanol–water partition coefficient (Wildman–Crippen LogP) is 3.29. The molecule has 1 N–H and O–H groups in total. The largest absolute Gasteiger partial charge is 0.492 e. The molecule has 0 bridgehead atoms. The van der Waals surface area contributed by atoms with Gasteiger partial charge < -0.3 is 10.1 Å². The second-order valence-electron chi connectivity index (χ2n) is 6.94. The number of nitrogens with zero attached hydrogens (tertiary/aromatic N) is 1. The molecule has 1 aliphatic heterocycles. The molecule has 0 spiro atoms. The van der Waals surface area contributed by atoms with Crippen molar-refractivity contribution in [3.05, 3.63) is 28.7 Å². The van der Waals surface area contributed by atoms with E-state index in [1.165, 1.54) is 12.8 Å². The van der Waals surface area contributed by atoms with E-state index in [1.54, 1.807) is 0 Å². The van der Waals surface area contributed by atoms with Gasteiger partial charge in [-0.1, -0.05) is 15.9 Å². The summed E-state index contributed by atoms with van der Waals surface area (Å²) in [5, 5.41) is 3.69. The van der Waals surface area contributed by atoms with E-state index in [0.717, 1.165) is 42.4 Å².